The number of benzene rings is 4. The number of para-hydroxylation sites is 4. The predicted molar refractivity (Wildman–Crippen MR) is 257 cm³/mol. The van der Waals surface area contributed by atoms with Crippen LogP contribution in [0.15, 0.2) is 213 Å². The van der Waals surface area contributed by atoms with Crippen LogP contribution in [0.5, 0.6) is 0 Å². The second kappa shape index (κ2) is 17.5. The summed E-state index contributed by atoms with van der Waals surface area (Å²) in [4.78, 5) is 38.0. The molecule has 0 amide bonds. The van der Waals surface area contributed by atoms with E-state index in [-0.39, 0.29) is 5.56 Å². The Kier molecular flexibility index (Phi) is 10.9. The highest BCUT2D eigenvalue weighted by atomic mass is 32.1. The van der Waals surface area contributed by atoms with Crippen molar-refractivity contribution in [1.82, 2.24) is 19.9 Å². The van der Waals surface area contributed by atoms with Gasteiger partial charge in [0.2, 0.25) is 0 Å². The minimum absolute atomic E-state index is 0.139. The summed E-state index contributed by atoms with van der Waals surface area (Å²) in [5, 5.41) is 11.8. The summed E-state index contributed by atoms with van der Waals surface area (Å²) in [6.07, 6.45) is 3.33. The first kappa shape index (κ1) is 39.1. The number of anilines is 6. The third-order valence-corrected chi connectivity index (χ3v) is 12.6. The van der Waals surface area contributed by atoms with Crippen LogP contribution in [-0.2, 0) is 0 Å². The van der Waals surface area contributed by atoms with Gasteiger partial charge in [-0.25, -0.2) is 14.8 Å². The fourth-order valence-electron chi connectivity index (χ4n) is 7.40. The third kappa shape index (κ3) is 8.36. The molecular formula is C53H36N6O2S2. The van der Waals surface area contributed by atoms with Crippen molar-refractivity contribution in [2.24, 2.45) is 0 Å². The molecular weight excluding hydrogens is 817 g/mol. The maximum atomic E-state index is 11.8. The molecule has 0 radical (unpaired) electrons. The maximum absolute atomic E-state index is 11.8. The van der Waals surface area contributed by atoms with Crippen LogP contribution in [0, 0.1) is 0 Å². The van der Waals surface area contributed by atoms with Crippen molar-refractivity contribution in [3.8, 4) is 55.0 Å². The van der Waals surface area contributed by atoms with Gasteiger partial charge < -0.3 is 14.9 Å². The lowest BCUT2D eigenvalue weighted by Crippen LogP contribution is -2.07. The number of thiophene rings is 2. The maximum Gasteiger partial charge on any atom is 0.335 e. The van der Waals surface area contributed by atoms with Gasteiger partial charge in [0.15, 0.2) is 0 Å². The molecule has 0 fully saturated rings. The Morgan fingerprint density at radius 2 is 0.810 bits per heavy atom. The molecule has 302 valence electrons. The smallest absolute Gasteiger partial charge is 0.335 e. The van der Waals surface area contributed by atoms with Crippen molar-refractivity contribution in [3.63, 3.8) is 0 Å². The van der Waals surface area contributed by atoms with Crippen molar-refractivity contribution in [2.75, 3.05) is 9.80 Å². The first-order valence-corrected chi connectivity index (χ1v) is 21.8. The fraction of sp³-hybridized carbons (Fsp3) is 0. The summed E-state index contributed by atoms with van der Waals surface area (Å²) in [6, 6.07) is 67.1. The van der Waals surface area contributed by atoms with E-state index in [1.165, 1.54) is 18.3 Å². The molecule has 10 aromatic rings. The highest BCUT2D eigenvalue weighted by Crippen LogP contribution is 2.44. The Labute approximate surface area is 372 Å². The summed E-state index contributed by atoms with van der Waals surface area (Å²) in [7, 11) is 0. The van der Waals surface area contributed by atoms with Crippen LogP contribution in [0.1, 0.15) is 10.4 Å². The molecule has 6 aromatic heterocycles. The second-order valence-corrected chi connectivity index (χ2v) is 16.6. The largest absolute Gasteiger partial charge is 0.478 e. The van der Waals surface area contributed by atoms with Gasteiger partial charge in [-0.3, -0.25) is 9.97 Å². The molecule has 63 heavy (non-hydrogen) atoms. The topological polar surface area (TPSA) is 95.3 Å². The summed E-state index contributed by atoms with van der Waals surface area (Å²) in [5.41, 5.74) is 10.1. The van der Waals surface area contributed by atoms with E-state index in [4.69, 9.17) is 15.0 Å². The highest BCUT2D eigenvalue weighted by molar-refractivity contribution is 7.20. The zero-order valence-corrected chi connectivity index (χ0v) is 35.2. The van der Waals surface area contributed by atoms with E-state index in [2.05, 4.69) is 154 Å². The Morgan fingerprint density at radius 3 is 1.32 bits per heavy atom. The van der Waals surface area contributed by atoms with Crippen LogP contribution in [-0.4, -0.2) is 31.0 Å². The van der Waals surface area contributed by atoms with E-state index in [1.807, 2.05) is 54.7 Å². The molecule has 0 unspecified atom stereocenters. The number of nitrogens with zero attached hydrogens (tertiary/aromatic N) is 6. The lowest BCUT2D eigenvalue weighted by Gasteiger charge is -2.23. The number of pyridine rings is 4. The molecule has 1 N–H and O–H groups in total. The lowest BCUT2D eigenvalue weighted by atomic mass is 10.1. The van der Waals surface area contributed by atoms with E-state index >= 15 is 0 Å². The van der Waals surface area contributed by atoms with Gasteiger partial charge in [-0.1, -0.05) is 78.9 Å². The Hall–Kier alpha value is -8.05. The number of carboxylic acid groups (broad SMARTS) is 1. The van der Waals surface area contributed by atoms with Gasteiger partial charge in [-0.05, 0) is 132 Å². The molecule has 0 atom stereocenters. The van der Waals surface area contributed by atoms with Crippen LogP contribution in [0.25, 0.3) is 55.0 Å². The number of hydrogen-bond acceptors (Lipinski definition) is 9. The van der Waals surface area contributed by atoms with Crippen LogP contribution in [0.2, 0.25) is 0 Å². The number of hydrogen-bond donors (Lipinski definition) is 1. The van der Waals surface area contributed by atoms with E-state index in [0.29, 0.717) is 34.2 Å². The number of carbonyl (C=O) groups is 1. The van der Waals surface area contributed by atoms with Gasteiger partial charge >= 0.3 is 5.97 Å². The van der Waals surface area contributed by atoms with Gasteiger partial charge in [-0.2, -0.15) is 0 Å². The number of aromatic nitrogens is 4. The average molecular weight is 853 g/mol. The SMILES string of the molecule is O=C(O)c1ccnc(-c2cccc(-c3cc(-c4ccc(N(c5ccccc5)c5ccccc5)s4)cc(-c4cc(-c5ccc(N(c6ccccc6)c6ccccc6)s5)ccn4)n3)n2)c1. The van der Waals surface area contributed by atoms with Crippen LogP contribution in [0.3, 0.4) is 0 Å². The minimum Gasteiger partial charge on any atom is -0.478 e. The molecule has 0 aliphatic rings. The Balaban J connectivity index is 1.07. The Bertz CT molecular complexity index is 3100. The van der Waals surface area contributed by atoms with Crippen molar-refractivity contribution in [3.05, 3.63) is 218 Å². The summed E-state index contributed by atoms with van der Waals surface area (Å²) < 4.78 is 0. The van der Waals surface area contributed by atoms with Gasteiger partial charge in [0.1, 0.15) is 10.0 Å². The molecule has 0 aliphatic heterocycles. The summed E-state index contributed by atoms with van der Waals surface area (Å²) in [6.45, 7) is 0. The van der Waals surface area contributed by atoms with Crippen LogP contribution in [0.4, 0.5) is 32.8 Å². The quantitative estimate of drug-likeness (QED) is 0.130. The zero-order chi connectivity index (χ0) is 42.5. The number of rotatable bonds is 12. The minimum atomic E-state index is -1.03. The molecule has 0 aliphatic carbocycles. The van der Waals surface area contributed by atoms with E-state index < -0.39 is 5.97 Å². The van der Waals surface area contributed by atoms with Crippen LogP contribution < -0.4 is 9.80 Å². The molecule has 0 spiro atoms. The number of carboxylic acids is 1. The zero-order valence-electron chi connectivity index (χ0n) is 33.6. The third-order valence-electron chi connectivity index (χ3n) is 10.4. The molecule has 10 heteroatoms. The van der Waals surface area contributed by atoms with Crippen molar-refractivity contribution >= 4 is 61.4 Å². The first-order valence-electron chi connectivity index (χ1n) is 20.2. The molecule has 0 saturated carbocycles. The van der Waals surface area contributed by atoms with Crippen molar-refractivity contribution in [1.29, 1.82) is 0 Å². The lowest BCUT2D eigenvalue weighted by molar-refractivity contribution is 0.0696. The number of aromatic carboxylic acids is 1. The standard InChI is InChI=1S/C53H36N6O2S2/c60-53(61)37-29-31-54-45(33-37)43-22-13-23-44(56-43)47-34-38(50-25-27-52(63-50)59(41-18-9-3-10-19-41)42-20-11-4-12-21-42)35-48(57-47)46-32-36(28-30-55-46)49-24-26-51(62-49)58(39-14-5-1-6-15-39)40-16-7-2-8-17-40/h1-35H,(H,60,61). The fourth-order valence-corrected chi connectivity index (χ4v) is 9.48. The van der Waals surface area contributed by atoms with E-state index in [1.54, 1.807) is 22.7 Å². The molecule has 0 bridgehead atoms. The Morgan fingerprint density at radius 1 is 0.397 bits per heavy atom. The monoisotopic (exact) mass is 852 g/mol. The second-order valence-electron chi connectivity index (χ2n) is 14.5. The van der Waals surface area contributed by atoms with Crippen molar-refractivity contribution in [2.45, 2.75) is 0 Å². The highest BCUT2D eigenvalue weighted by Gasteiger charge is 2.19. The molecule has 10 rings (SSSR count). The van der Waals surface area contributed by atoms with Crippen molar-refractivity contribution < 1.29 is 9.90 Å². The van der Waals surface area contributed by atoms with Gasteiger partial charge in [0.05, 0.1) is 39.7 Å². The molecule has 6 heterocycles. The molecule has 8 nitrogen and oxygen atoms in total. The van der Waals surface area contributed by atoms with Gasteiger partial charge in [-0.15, -0.1) is 22.7 Å². The summed E-state index contributed by atoms with van der Waals surface area (Å²) in [5.74, 6) is -1.03. The van der Waals surface area contributed by atoms with Gasteiger partial charge in [0.25, 0.3) is 0 Å². The normalized spacial score (nSPS) is 11.0. The van der Waals surface area contributed by atoms with Gasteiger partial charge in [0, 0.05) is 44.9 Å². The van der Waals surface area contributed by atoms with Crippen LogP contribution >= 0.6 is 22.7 Å². The molecule has 0 saturated heterocycles. The summed E-state index contributed by atoms with van der Waals surface area (Å²) >= 11 is 3.40. The average Bonchev–Trinajstić information content (AvgIpc) is 4.05. The first-order chi connectivity index (χ1) is 31.0. The molecule has 4 aromatic carbocycles. The predicted octanol–water partition coefficient (Wildman–Crippen LogP) is 14.4. The van der Waals surface area contributed by atoms with E-state index in [0.717, 1.165) is 53.6 Å². The van der Waals surface area contributed by atoms with E-state index in [9.17, 15) is 9.90 Å².